The van der Waals surface area contributed by atoms with Crippen LogP contribution in [0.4, 0.5) is 4.39 Å². The Morgan fingerprint density at radius 3 is 2.22 bits per heavy atom. The average molecular weight is 455 g/mol. The van der Waals surface area contributed by atoms with Crippen molar-refractivity contribution in [2.24, 2.45) is 5.10 Å². The Kier molecular flexibility index (Phi) is 5.88. The zero-order valence-corrected chi connectivity index (χ0v) is 18.8. The monoisotopic (exact) mass is 454 g/mol. The lowest BCUT2D eigenvalue weighted by molar-refractivity contribution is 0.355. The van der Waals surface area contributed by atoms with Gasteiger partial charge in [0.15, 0.2) is 11.5 Å². The number of benzene rings is 3. The summed E-state index contributed by atoms with van der Waals surface area (Å²) in [5.74, 6) is 0.695. The minimum atomic E-state index is -3.94. The molecule has 0 fully saturated rings. The lowest BCUT2D eigenvalue weighted by atomic mass is 9.99. The van der Waals surface area contributed by atoms with Gasteiger partial charge in [-0.2, -0.15) is 17.9 Å². The number of hydrazone groups is 1. The fraction of sp³-hybridized carbons (Fsp3) is 0.208. The van der Waals surface area contributed by atoms with E-state index >= 15 is 0 Å². The maximum Gasteiger partial charge on any atom is 0.279 e. The van der Waals surface area contributed by atoms with Gasteiger partial charge in [0.25, 0.3) is 10.0 Å². The number of sulfonamides is 1. The normalized spacial score (nSPS) is 16.1. The zero-order valence-electron chi connectivity index (χ0n) is 17.9. The molecule has 0 N–H and O–H groups in total. The van der Waals surface area contributed by atoms with Crippen LogP contribution in [0.25, 0.3) is 0 Å². The van der Waals surface area contributed by atoms with Gasteiger partial charge in [-0.3, -0.25) is 0 Å². The summed E-state index contributed by atoms with van der Waals surface area (Å²) >= 11 is 0. The maximum absolute atomic E-state index is 13.5. The zero-order chi connectivity index (χ0) is 22.9. The molecule has 0 aromatic heterocycles. The van der Waals surface area contributed by atoms with E-state index in [0.29, 0.717) is 29.2 Å². The van der Waals surface area contributed by atoms with Gasteiger partial charge in [-0.05, 0) is 55.0 Å². The fourth-order valence-corrected chi connectivity index (χ4v) is 5.09. The van der Waals surface area contributed by atoms with Crippen molar-refractivity contribution in [1.29, 1.82) is 0 Å². The molecule has 1 unspecified atom stereocenters. The molecule has 1 atom stereocenters. The van der Waals surface area contributed by atoms with Gasteiger partial charge >= 0.3 is 0 Å². The van der Waals surface area contributed by atoms with Crippen LogP contribution >= 0.6 is 0 Å². The van der Waals surface area contributed by atoms with Crippen LogP contribution < -0.4 is 9.47 Å². The third-order valence-corrected chi connectivity index (χ3v) is 7.11. The molecule has 0 saturated heterocycles. The molecule has 0 amide bonds. The lowest BCUT2D eigenvalue weighted by Gasteiger charge is -2.23. The molecule has 0 radical (unpaired) electrons. The first-order valence-corrected chi connectivity index (χ1v) is 11.4. The second kappa shape index (κ2) is 8.63. The summed E-state index contributed by atoms with van der Waals surface area (Å²) in [4.78, 5) is 0.146. The molecule has 4 rings (SSSR count). The number of aryl methyl sites for hydroxylation is 1. The van der Waals surface area contributed by atoms with Crippen LogP contribution in [0.15, 0.2) is 76.7 Å². The van der Waals surface area contributed by atoms with E-state index in [2.05, 4.69) is 5.10 Å². The maximum atomic E-state index is 13.5. The van der Waals surface area contributed by atoms with Gasteiger partial charge < -0.3 is 9.47 Å². The molecule has 1 aliphatic rings. The quantitative estimate of drug-likeness (QED) is 0.542. The molecule has 1 aliphatic heterocycles. The summed E-state index contributed by atoms with van der Waals surface area (Å²) in [7, 11) is -0.854. The Bertz CT molecular complexity index is 1260. The topological polar surface area (TPSA) is 68.2 Å². The van der Waals surface area contributed by atoms with Gasteiger partial charge in [-0.25, -0.2) is 4.39 Å². The van der Waals surface area contributed by atoms with E-state index in [-0.39, 0.29) is 10.7 Å². The van der Waals surface area contributed by atoms with E-state index in [9.17, 15) is 12.8 Å². The van der Waals surface area contributed by atoms with Crippen LogP contribution in [0.3, 0.4) is 0 Å². The van der Waals surface area contributed by atoms with Crippen molar-refractivity contribution >= 4 is 15.7 Å². The van der Waals surface area contributed by atoms with Gasteiger partial charge in [-0.15, -0.1) is 0 Å². The summed E-state index contributed by atoms with van der Waals surface area (Å²) in [6.07, 6.45) is 0.326. The van der Waals surface area contributed by atoms with Crippen LogP contribution in [0.5, 0.6) is 11.5 Å². The molecule has 6 nitrogen and oxygen atoms in total. The first kappa shape index (κ1) is 21.8. The summed E-state index contributed by atoms with van der Waals surface area (Å²) in [6, 6.07) is 17.2. The average Bonchev–Trinajstić information content (AvgIpc) is 3.26. The number of halogens is 1. The Balaban J connectivity index is 1.80. The van der Waals surface area contributed by atoms with Crippen molar-refractivity contribution in [1.82, 2.24) is 4.41 Å². The minimum absolute atomic E-state index is 0.146. The van der Waals surface area contributed by atoms with Gasteiger partial charge in [0.1, 0.15) is 5.82 Å². The second-order valence-electron chi connectivity index (χ2n) is 7.48. The number of ether oxygens (including phenoxy) is 2. The highest BCUT2D eigenvalue weighted by atomic mass is 32.2. The molecule has 3 aromatic carbocycles. The molecule has 3 aromatic rings. The Hall–Kier alpha value is -3.39. The van der Waals surface area contributed by atoms with Crippen molar-refractivity contribution in [3.05, 3.63) is 89.2 Å². The lowest BCUT2D eigenvalue weighted by Crippen LogP contribution is -2.27. The predicted molar refractivity (Wildman–Crippen MR) is 120 cm³/mol. The van der Waals surface area contributed by atoms with Crippen molar-refractivity contribution < 1.29 is 22.3 Å². The highest BCUT2D eigenvalue weighted by Gasteiger charge is 2.37. The largest absolute Gasteiger partial charge is 0.493 e. The fourth-order valence-electron chi connectivity index (χ4n) is 3.65. The molecule has 0 spiro atoms. The molecule has 166 valence electrons. The van der Waals surface area contributed by atoms with Gasteiger partial charge in [0, 0.05) is 12.0 Å². The minimum Gasteiger partial charge on any atom is -0.493 e. The second-order valence-corrected chi connectivity index (χ2v) is 9.27. The number of rotatable bonds is 6. The Morgan fingerprint density at radius 2 is 1.59 bits per heavy atom. The molecule has 8 heteroatoms. The smallest absolute Gasteiger partial charge is 0.279 e. The molecular formula is C24H23FN2O4S. The van der Waals surface area contributed by atoms with E-state index in [4.69, 9.17) is 9.47 Å². The number of nitrogens with zero attached hydrogens (tertiary/aromatic N) is 2. The Morgan fingerprint density at radius 1 is 0.938 bits per heavy atom. The van der Waals surface area contributed by atoms with E-state index in [0.717, 1.165) is 15.5 Å². The summed E-state index contributed by atoms with van der Waals surface area (Å²) in [5, 5.41) is 4.51. The number of methoxy groups -OCH3 is 2. The van der Waals surface area contributed by atoms with E-state index < -0.39 is 16.1 Å². The van der Waals surface area contributed by atoms with Crippen molar-refractivity contribution in [2.45, 2.75) is 24.3 Å². The first-order chi connectivity index (χ1) is 15.3. The number of hydrogen-bond donors (Lipinski definition) is 0. The summed E-state index contributed by atoms with van der Waals surface area (Å²) in [5.41, 5.74) is 2.91. The highest BCUT2D eigenvalue weighted by molar-refractivity contribution is 7.89. The predicted octanol–water partition coefficient (Wildman–Crippen LogP) is 4.69. The van der Waals surface area contributed by atoms with Gasteiger partial charge in [0.2, 0.25) is 0 Å². The van der Waals surface area contributed by atoms with Crippen LogP contribution in [0.1, 0.15) is 29.2 Å². The van der Waals surface area contributed by atoms with Gasteiger partial charge in [0.05, 0.1) is 30.9 Å². The highest BCUT2D eigenvalue weighted by Crippen LogP contribution is 2.38. The van der Waals surface area contributed by atoms with Crippen molar-refractivity contribution in [3.63, 3.8) is 0 Å². The first-order valence-electron chi connectivity index (χ1n) is 10.00. The Labute approximate surface area is 187 Å². The molecular weight excluding hydrogens is 431 g/mol. The third-order valence-electron chi connectivity index (χ3n) is 5.41. The standard InChI is InChI=1S/C24H23FN2O4S/c1-16-4-11-20(12-5-16)32(28,29)27-22(17-6-9-19(25)10-7-17)15-21(26-27)18-8-13-23(30-2)24(14-18)31-3/h4-14,22H,15H2,1-3H3. The molecule has 0 saturated carbocycles. The van der Waals surface area contributed by atoms with E-state index in [1.807, 2.05) is 13.0 Å². The third kappa shape index (κ3) is 4.05. The van der Waals surface area contributed by atoms with E-state index in [1.165, 1.54) is 19.2 Å². The van der Waals surface area contributed by atoms with Crippen molar-refractivity contribution in [2.75, 3.05) is 14.2 Å². The molecule has 0 bridgehead atoms. The van der Waals surface area contributed by atoms with Crippen LogP contribution in [-0.4, -0.2) is 32.8 Å². The van der Waals surface area contributed by atoms with Crippen LogP contribution in [0.2, 0.25) is 0 Å². The SMILES string of the molecule is COc1ccc(C2=NN(S(=O)(=O)c3ccc(C)cc3)C(c3ccc(F)cc3)C2)cc1OC. The van der Waals surface area contributed by atoms with Crippen LogP contribution in [0, 0.1) is 12.7 Å². The summed E-state index contributed by atoms with van der Waals surface area (Å²) < 4.78 is 52.3. The molecule has 32 heavy (non-hydrogen) atoms. The van der Waals surface area contributed by atoms with Crippen molar-refractivity contribution in [3.8, 4) is 11.5 Å². The number of hydrogen-bond acceptors (Lipinski definition) is 5. The van der Waals surface area contributed by atoms with Crippen LogP contribution in [-0.2, 0) is 10.0 Å². The molecule has 1 heterocycles. The molecule has 0 aliphatic carbocycles. The van der Waals surface area contributed by atoms with E-state index in [1.54, 1.807) is 55.6 Å². The van der Waals surface area contributed by atoms with Gasteiger partial charge in [-0.1, -0.05) is 29.8 Å². The summed E-state index contributed by atoms with van der Waals surface area (Å²) in [6.45, 7) is 1.89.